The van der Waals surface area contributed by atoms with Gasteiger partial charge in [-0.15, -0.1) is 12.1 Å². The number of ether oxygens (including phenoxy) is 1. The quantitative estimate of drug-likeness (QED) is 0.131. The number of hydrogen-bond acceptors (Lipinski definition) is 3. The topological polar surface area (TPSA) is 43.8 Å². The van der Waals surface area contributed by atoms with Gasteiger partial charge in [0.25, 0.3) is 0 Å². The van der Waals surface area contributed by atoms with Gasteiger partial charge in [-0.05, 0) is 83.5 Å². The smallest absolute Gasteiger partial charge is 0.497 e. The van der Waals surface area contributed by atoms with Crippen molar-refractivity contribution < 1.29 is 25.8 Å². The Hall–Kier alpha value is -5.77. The monoisotopic (exact) mass is 851 g/mol. The van der Waals surface area contributed by atoms with Crippen molar-refractivity contribution in [3.8, 4) is 33.8 Å². The summed E-state index contributed by atoms with van der Waals surface area (Å²) in [5.41, 5.74) is 13.9. The van der Waals surface area contributed by atoms with Crippen LogP contribution in [-0.2, 0) is 21.1 Å². The number of aryl methyl sites for hydroxylation is 4. The Morgan fingerprint density at radius 2 is 1.04 bits per heavy atom. The summed E-state index contributed by atoms with van der Waals surface area (Å²) in [6, 6.07) is 41.4. The minimum atomic E-state index is 0. The Morgan fingerprint density at radius 1 is 0.500 bits per heavy atom. The maximum atomic E-state index is 6.51. The largest absolute Gasteiger partial charge is 2.00 e. The standard InChI is InChI=1S/C46H32N4O.Pt/c1-27-9-7-10-28(2)41(27)37-20-19-36-34-18-16-32(26-39(34)46-48-22-24-50(46)44(36)43(37)42-29(3)11-8-12-30(42)4)51-31-15-17-33-35-13-5-6-14-40(35)49-23-21-47-45(49)38(33)25-31;/h5-24H,1-4H3;/q-2;+2. The Bertz CT molecular complexity index is 3020. The van der Waals surface area contributed by atoms with Crippen molar-refractivity contribution in [3.63, 3.8) is 0 Å². The van der Waals surface area contributed by atoms with E-state index in [2.05, 4.69) is 145 Å². The molecule has 5 nitrogen and oxygen atoms in total. The maximum Gasteiger partial charge on any atom is 2.00 e. The van der Waals surface area contributed by atoms with Crippen LogP contribution in [0.15, 0.2) is 122 Å². The van der Waals surface area contributed by atoms with Crippen LogP contribution in [-0.4, -0.2) is 18.8 Å². The molecule has 6 aromatic carbocycles. The first kappa shape index (κ1) is 32.2. The average Bonchev–Trinajstić information content (AvgIpc) is 3.84. The van der Waals surface area contributed by atoms with Gasteiger partial charge in [-0.1, -0.05) is 113 Å². The van der Waals surface area contributed by atoms with Crippen LogP contribution in [0.25, 0.3) is 76.9 Å². The molecule has 0 unspecified atom stereocenters. The molecule has 4 aromatic heterocycles. The van der Waals surface area contributed by atoms with Crippen LogP contribution >= 0.6 is 0 Å². The van der Waals surface area contributed by atoms with Crippen LogP contribution in [0.1, 0.15) is 22.3 Å². The van der Waals surface area contributed by atoms with Gasteiger partial charge < -0.3 is 13.5 Å². The molecule has 0 aliphatic heterocycles. The predicted octanol–water partition coefficient (Wildman–Crippen LogP) is 11.6. The normalized spacial score (nSPS) is 11.7. The zero-order chi connectivity index (χ0) is 34.4. The number of benzene rings is 6. The molecule has 6 heteroatoms. The Balaban J connectivity index is 0.00000360. The molecule has 0 N–H and O–H groups in total. The molecule has 4 heterocycles. The Kier molecular flexibility index (Phi) is 7.53. The minimum Gasteiger partial charge on any atom is -0.497 e. The van der Waals surface area contributed by atoms with Gasteiger partial charge in [-0.2, -0.15) is 0 Å². The average molecular weight is 852 g/mol. The molecule has 0 aliphatic rings. The third-order valence-electron chi connectivity index (χ3n) is 10.4. The summed E-state index contributed by atoms with van der Waals surface area (Å²) in [7, 11) is 0. The summed E-state index contributed by atoms with van der Waals surface area (Å²) in [6.07, 6.45) is 7.78. The maximum absolute atomic E-state index is 6.51. The van der Waals surface area contributed by atoms with E-state index in [0.29, 0.717) is 11.5 Å². The molecule has 0 amide bonds. The number of nitrogens with zero attached hydrogens (tertiary/aromatic N) is 4. The van der Waals surface area contributed by atoms with Crippen molar-refractivity contribution in [1.29, 1.82) is 0 Å². The molecule has 0 bridgehead atoms. The molecule has 252 valence electrons. The van der Waals surface area contributed by atoms with Gasteiger partial charge in [-0.25, -0.2) is 0 Å². The van der Waals surface area contributed by atoms with E-state index in [1.807, 2.05) is 30.7 Å². The van der Waals surface area contributed by atoms with Gasteiger partial charge in [0.15, 0.2) is 0 Å². The second-order valence-electron chi connectivity index (χ2n) is 13.5. The van der Waals surface area contributed by atoms with Crippen LogP contribution in [0.4, 0.5) is 0 Å². The Morgan fingerprint density at radius 3 is 1.69 bits per heavy atom. The second-order valence-corrected chi connectivity index (χ2v) is 13.5. The fourth-order valence-electron chi connectivity index (χ4n) is 8.22. The van der Waals surface area contributed by atoms with Crippen molar-refractivity contribution in [3.05, 3.63) is 156 Å². The van der Waals surface area contributed by atoms with Crippen LogP contribution in [0.2, 0.25) is 0 Å². The minimum absolute atomic E-state index is 0. The van der Waals surface area contributed by atoms with Gasteiger partial charge in [0.05, 0.1) is 11.3 Å². The Labute approximate surface area is 315 Å². The van der Waals surface area contributed by atoms with Gasteiger partial charge in [0.1, 0.15) is 0 Å². The van der Waals surface area contributed by atoms with E-state index in [-0.39, 0.29) is 21.1 Å². The van der Waals surface area contributed by atoms with Crippen LogP contribution in [0.3, 0.4) is 0 Å². The first-order chi connectivity index (χ1) is 25.0. The van der Waals surface area contributed by atoms with E-state index in [0.717, 1.165) is 54.6 Å². The summed E-state index contributed by atoms with van der Waals surface area (Å²) in [6.45, 7) is 8.83. The van der Waals surface area contributed by atoms with Crippen molar-refractivity contribution in [2.75, 3.05) is 0 Å². The molecule has 0 fully saturated rings. The van der Waals surface area contributed by atoms with Crippen LogP contribution in [0.5, 0.6) is 11.5 Å². The van der Waals surface area contributed by atoms with E-state index in [4.69, 9.17) is 9.72 Å². The molecule has 10 aromatic rings. The second kappa shape index (κ2) is 12.2. The summed E-state index contributed by atoms with van der Waals surface area (Å²) in [4.78, 5) is 9.59. The summed E-state index contributed by atoms with van der Waals surface area (Å²) in [5.74, 6) is 1.21. The van der Waals surface area contributed by atoms with Gasteiger partial charge in [0.2, 0.25) is 0 Å². The molecule has 0 spiro atoms. The van der Waals surface area contributed by atoms with Crippen molar-refractivity contribution in [1.82, 2.24) is 18.8 Å². The molecule has 0 saturated carbocycles. The molecular formula is C46H32N4OPt. The number of imidazole rings is 2. The zero-order valence-electron chi connectivity index (χ0n) is 29.1. The summed E-state index contributed by atoms with van der Waals surface area (Å²) >= 11 is 0. The number of para-hydroxylation sites is 1. The molecular weight excluding hydrogens is 820 g/mol. The van der Waals surface area contributed by atoms with Crippen molar-refractivity contribution in [2.24, 2.45) is 0 Å². The SMILES string of the molecule is Cc1cccc(C)c1-c1ccc2c3ccc(Oc4[c-]c5c(cc4)c4ccccc4n4ccnc54)[c-]c3c3nccn3c2c1-c1c(C)cccc1C.[Pt+2]. The fraction of sp³-hybridized carbons (Fsp3) is 0.0870. The molecule has 0 atom stereocenters. The summed E-state index contributed by atoms with van der Waals surface area (Å²) in [5, 5.41) is 6.26. The van der Waals surface area contributed by atoms with Gasteiger partial charge in [0, 0.05) is 52.9 Å². The van der Waals surface area contributed by atoms with E-state index in [9.17, 15) is 0 Å². The van der Waals surface area contributed by atoms with Crippen molar-refractivity contribution >= 4 is 54.6 Å². The number of rotatable bonds is 4. The number of hydrogen-bond donors (Lipinski definition) is 0. The van der Waals surface area contributed by atoms with Crippen LogP contribution in [0, 0.1) is 39.8 Å². The van der Waals surface area contributed by atoms with E-state index >= 15 is 0 Å². The molecule has 0 saturated heterocycles. The van der Waals surface area contributed by atoms with E-state index < -0.39 is 0 Å². The van der Waals surface area contributed by atoms with Crippen molar-refractivity contribution in [2.45, 2.75) is 27.7 Å². The number of fused-ring (bicyclic) bond motifs is 12. The molecule has 0 aliphatic carbocycles. The third-order valence-corrected chi connectivity index (χ3v) is 10.4. The van der Waals surface area contributed by atoms with E-state index in [1.54, 1.807) is 0 Å². The number of aromatic nitrogens is 4. The number of pyridine rings is 2. The fourth-order valence-corrected chi connectivity index (χ4v) is 8.22. The van der Waals surface area contributed by atoms with E-state index in [1.165, 1.54) is 44.5 Å². The first-order valence-corrected chi connectivity index (χ1v) is 17.2. The van der Waals surface area contributed by atoms with Crippen LogP contribution < -0.4 is 4.74 Å². The zero-order valence-corrected chi connectivity index (χ0v) is 31.3. The predicted molar refractivity (Wildman–Crippen MR) is 208 cm³/mol. The summed E-state index contributed by atoms with van der Waals surface area (Å²) < 4.78 is 10.9. The first-order valence-electron chi connectivity index (χ1n) is 17.2. The molecule has 10 rings (SSSR count). The third kappa shape index (κ3) is 4.73. The molecule has 52 heavy (non-hydrogen) atoms. The molecule has 0 radical (unpaired) electrons. The van der Waals surface area contributed by atoms with Gasteiger partial charge >= 0.3 is 21.1 Å². The van der Waals surface area contributed by atoms with Gasteiger partial charge in [-0.3, -0.25) is 9.97 Å².